The molecule has 160 valence electrons. The summed E-state index contributed by atoms with van der Waals surface area (Å²) in [7, 11) is 1.28. The Hall–Kier alpha value is -3.68. The number of hydrogen-bond donors (Lipinski definition) is 0. The van der Waals surface area contributed by atoms with E-state index in [4.69, 9.17) is 9.47 Å². The van der Waals surface area contributed by atoms with Crippen LogP contribution in [0.2, 0.25) is 0 Å². The quantitative estimate of drug-likeness (QED) is 0.688. The Labute approximate surface area is 180 Å². The second-order valence-corrected chi connectivity index (χ2v) is 7.47. The zero-order valence-corrected chi connectivity index (χ0v) is 17.4. The number of hydrazone groups is 1. The third kappa shape index (κ3) is 4.01. The fourth-order valence-electron chi connectivity index (χ4n) is 3.79. The summed E-state index contributed by atoms with van der Waals surface area (Å²) in [5.74, 6) is -1.35. The van der Waals surface area contributed by atoms with E-state index in [1.165, 1.54) is 12.0 Å². The van der Waals surface area contributed by atoms with Crippen LogP contribution in [0.3, 0.4) is 0 Å². The van der Waals surface area contributed by atoms with E-state index in [0.717, 1.165) is 16.8 Å². The van der Waals surface area contributed by atoms with Gasteiger partial charge in [0.15, 0.2) is 0 Å². The summed E-state index contributed by atoms with van der Waals surface area (Å²) in [5, 5.41) is 5.92. The van der Waals surface area contributed by atoms with Crippen LogP contribution in [-0.2, 0) is 37.0 Å². The van der Waals surface area contributed by atoms with Crippen molar-refractivity contribution in [1.29, 1.82) is 0 Å². The molecule has 2 atom stereocenters. The smallest absolute Gasteiger partial charge is 0.354 e. The predicted octanol–water partition coefficient (Wildman–Crippen LogP) is 2.27. The molecule has 2 aromatic rings. The summed E-state index contributed by atoms with van der Waals surface area (Å²) in [5.41, 5.74) is 2.61. The number of carbonyl (C=O) groups excluding carboxylic acids is 3. The predicted molar refractivity (Wildman–Crippen MR) is 113 cm³/mol. The zero-order valence-electron chi connectivity index (χ0n) is 17.4. The van der Waals surface area contributed by atoms with Crippen LogP contribution >= 0.6 is 0 Å². The molecule has 0 spiro atoms. The highest BCUT2D eigenvalue weighted by atomic mass is 16.5. The standard InChI is InChI=1S/C23H23N3O5/c1-15(22(28)31-14-16-8-4-3-5-9-16)25-13-17-10-6-7-11-19(17)26-20(21(25)27)12-18(24-26)23(29)30-2/h3-11,15,20H,12-14H2,1-2H3/t15-,20-/m0/s1. The summed E-state index contributed by atoms with van der Waals surface area (Å²) in [6.07, 6.45) is 0.113. The van der Waals surface area contributed by atoms with Gasteiger partial charge in [-0.25, -0.2) is 9.59 Å². The second-order valence-electron chi connectivity index (χ2n) is 7.47. The first-order chi connectivity index (χ1) is 15.0. The molecule has 8 heteroatoms. The third-order valence-corrected chi connectivity index (χ3v) is 5.51. The second kappa shape index (κ2) is 8.59. The largest absolute Gasteiger partial charge is 0.464 e. The summed E-state index contributed by atoms with van der Waals surface area (Å²) >= 11 is 0. The van der Waals surface area contributed by atoms with Crippen molar-refractivity contribution in [3.8, 4) is 0 Å². The highest BCUT2D eigenvalue weighted by Crippen LogP contribution is 2.34. The van der Waals surface area contributed by atoms with Crippen molar-refractivity contribution >= 4 is 29.2 Å². The number of benzene rings is 2. The van der Waals surface area contributed by atoms with Crippen LogP contribution in [0.1, 0.15) is 24.5 Å². The minimum Gasteiger partial charge on any atom is -0.464 e. The first-order valence-corrected chi connectivity index (χ1v) is 10.0. The maximum Gasteiger partial charge on any atom is 0.354 e. The first kappa shape index (κ1) is 20.6. The number of ether oxygens (including phenoxy) is 2. The topological polar surface area (TPSA) is 88.5 Å². The monoisotopic (exact) mass is 421 g/mol. The highest BCUT2D eigenvalue weighted by molar-refractivity contribution is 6.38. The van der Waals surface area contributed by atoms with Gasteiger partial charge < -0.3 is 14.4 Å². The van der Waals surface area contributed by atoms with Gasteiger partial charge in [0.1, 0.15) is 24.4 Å². The maximum atomic E-state index is 13.4. The molecular weight excluding hydrogens is 398 g/mol. The minimum absolute atomic E-state index is 0.113. The molecule has 31 heavy (non-hydrogen) atoms. The van der Waals surface area contributed by atoms with Crippen molar-refractivity contribution in [3.05, 3.63) is 65.7 Å². The average molecular weight is 421 g/mol. The summed E-state index contributed by atoms with van der Waals surface area (Å²) in [4.78, 5) is 39.7. The normalized spacial score (nSPS) is 18.5. The Morgan fingerprint density at radius 1 is 1.13 bits per heavy atom. The Kier molecular flexibility index (Phi) is 5.70. The van der Waals surface area contributed by atoms with Crippen molar-refractivity contribution in [2.75, 3.05) is 12.1 Å². The van der Waals surface area contributed by atoms with Gasteiger partial charge >= 0.3 is 11.9 Å². The Morgan fingerprint density at radius 2 is 1.84 bits per heavy atom. The SMILES string of the molecule is COC(=O)C1=NN2c3ccccc3CN([C@@H](C)C(=O)OCc3ccccc3)C(=O)[C@@H]2C1. The number of para-hydroxylation sites is 1. The van der Waals surface area contributed by atoms with Crippen LogP contribution < -0.4 is 5.01 Å². The fourth-order valence-corrected chi connectivity index (χ4v) is 3.79. The fraction of sp³-hybridized carbons (Fsp3) is 0.304. The lowest BCUT2D eigenvalue weighted by molar-refractivity contribution is -0.156. The molecule has 2 aliphatic rings. The number of rotatable bonds is 5. The van der Waals surface area contributed by atoms with Crippen molar-refractivity contribution in [1.82, 2.24) is 4.90 Å². The molecule has 0 saturated heterocycles. The van der Waals surface area contributed by atoms with E-state index >= 15 is 0 Å². The van der Waals surface area contributed by atoms with Crippen molar-refractivity contribution in [2.24, 2.45) is 5.10 Å². The minimum atomic E-state index is -0.800. The number of nitrogens with zero attached hydrogens (tertiary/aromatic N) is 3. The van der Waals surface area contributed by atoms with E-state index in [0.29, 0.717) is 0 Å². The lowest BCUT2D eigenvalue weighted by Crippen LogP contribution is -2.49. The molecule has 2 aliphatic heterocycles. The maximum absolute atomic E-state index is 13.4. The van der Waals surface area contributed by atoms with E-state index in [9.17, 15) is 14.4 Å². The Morgan fingerprint density at radius 3 is 2.58 bits per heavy atom. The molecule has 0 saturated carbocycles. The van der Waals surface area contributed by atoms with Gasteiger partial charge in [-0.2, -0.15) is 5.10 Å². The summed E-state index contributed by atoms with van der Waals surface area (Å²) in [6.45, 7) is 2.03. The van der Waals surface area contributed by atoms with Crippen LogP contribution in [0.4, 0.5) is 5.69 Å². The van der Waals surface area contributed by atoms with Gasteiger partial charge in [-0.3, -0.25) is 9.80 Å². The summed E-state index contributed by atoms with van der Waals surface area (Å²) in [6, 6.07) is 15.3. The number of amides is 1. The lowest BCUT2D eigenvalue weighted by Gasteiger charge is -2.29. The molecule has 2 aromatic carbocycles. The molecule has 0 bridgehead atoms. The molecule has 8 nitrogen and oxygen atoms in total. The van der Waals surface area contributed by atoms with Crippen LogP contribution in [0.15, 0.2) is 59.7 Å². The first-order valence-electron chi connectivity index (χ1n) is 10.0. The van der Waals surface area contributed by atoms with E-state index in [2.05, 4.69) is 5.10 Å². The highest BCUT2D eigenvalue weighted by Gasteiger charge is 2.44. The Balaban J connectivity index is 1.58. The Bertz CT molecular complexity index is 1040. The number of methoxy groups -OCH3 is 1. The number of hydrogen-bond acceptors (Lipinski definition) is 7. The molecule has 0 aliphatic carbocycles. The van der Waals surface area contributed by atoms with Crippen molar-refractivity contribution in [2.45, 2.75) is 38.6 Å². The van der Waals surface area contributed by atoms with Gasteiger partial charge in [-0.05, 0) is 24.1 Å². The van der Waals surface area contributed by atoms with Gasteiger partial charge in [0.2, 0.25) is 5.91 Å². The van der Waals surface area contributed by atoms with E-state index in [1.807, 2.05) is 54.6 Å². The number of esters is 2. The molecule has 0 fully saturated rings. The molecule has 1 amide bonds. The van der Waals surface area contributed by atoms with Gasteiger partial charge in [0, 0.05) is 13.0 Å². The van der Waals surface area contributed by atoms with Crippen LogP contribution in [0, 0.1) is 0 Å². The molecule has 2 heterocycles. The summed E-state index contributed by atoms with van der Waals surface area (Å²) < 4.78 is 10.2. The van der Waals surface area contributed by atoms with E-state index in [-0.39, 0.29) is 31.2 Å². The zero-order chi connectivity index (χ0) is 22.0. The molecule has 0 radical (unpaired) electrons. The average Bonchev–Trinajstić information content (AvgIpc) is 3.21. The lowest BCUT2D eigenvalue weighted by atomic mass is 10.1. The van der Waals surface area contributed by atoms with Crippen LogP contribution in [0.5, 0.6) is 0 Å². The van der Waals surface area contributed by atoms with Crippen molar-refractivity contribution in [3.63, 3.8) is 0 Å². The van der Waals surface area contributed by atoms with Crippen LogP contribution in [0.25, 0.3) is 0 Å². The van der Waals surface area contributed by atoms with Gasteiger partial charge in [0.05, 0.1) is 12.8 Å². The van der Waals surface area contributed by atoms with E-state index < -0.39 is 24.0 Å². The molecule has 4 rings (SSSR count). The van der Waals surface area contributed by atoms with Gasteiger partial charge in [-0.1, -0.05) is 48.5 Å². The molecule has 0 N–H and O–H groups in total. The number of anilines is 1. The van der Waals surface area contributed by atoms with Crippen LogP contribution in [-0.4, -0.2) is 47.7 Å². The van der Waals surface area contributed by atoms with Gasteiger partial charge in [0.25, 0.3) is 0 Å². The third-order valence-electron chi connectivity index (χ3n) is 5.51. The van der Waals surface area contributed by atoms with Crippen molar-refractivity contribution < 1.29 is 23.9 Å². The van der Waals surface area contributed by atoms with Gasteiger partial charge in [-0.15, -0.1) is 0 Å². The number of carbonyl (C=O) groups is 3. The van der Waals surface area contributed by atoms with E-state index in [1.54, 1.807) is 11.9 Å². The molecule has 0 aromatic heterocycles. The molecule has 0 unspecified atom stereocenters. The molecular formula is C23H23N3O5. The number of fused-ring (bicyclic) bond motifs is 3.